The van der Waals surface area contributed by atoms with Crippen molar-refractivity contribution in [2.75, 3.05) is 31.2 Å². The lowest BCUT2D eigenvalue weighted by Gasteiger charge is -2.21. The van der Waals surface area contributed by atoms with E-state index < -0.39 is 28.0 Å². The van der Waals surface area contributed by atoms with Crippen LogP contribution in [0.3, 0.4) is 0 Å². The highest BCUT2D eigenvalue weighted by atomic mass is 19.1. The molecule has 1 aliphatic heterocycles. The van der Waals surface area contributed by atoms with Gasteiger partial charge in [-0.15, -0.1) is 0 Å². The number of ether oxygens (including phenoxy) is 1. The van der Waals surface area contributed by atoms with E-state index in [2.05, 4.69) is 0 Å². The molecule has 2 rings (SSSR count). The van der Waals surface area contributed by atoms with Crippen LogP contribution in [0.25, 0.3) is 0 Å². The fourth-order valence-corrected chi connectivity index (χ4v) is 2.10. The van der Waals surface area contributed by atoms with Crippen LogP contribution in [0, 0.1) is 15.9 Å². The van der Waals surface area contributed by atoms with Gasteiger partial charge in [0.05, 0.1) is 11.5 Å². The zero-order chi connectivity index (χ0) is 14.7. The third kappa shape index (κ3) is 2.85. The van der Waals surface area contributed by atoms with Gasteiger partial charge in [-0.1, -0.05) is 0 Å². The van der Waals surface area contributed by atoms with Crippen LogP contribution in [-0.4, -0.2) is 42.3 Å². The maximum Gasteiger partial charge on any atom is 0.338 e. The minimum Gasteiger partial charge on any atom is -0.478 e. The van der Waals surface area contributed by atoms with Crippen molar-refractivity contribution in [3.8, 4) is 0 Å². The number of nitrogens with zero attached hydrogens (tertiary/aromatic N) is 2. The maximum absolute atomic E-state index is 13.7. The van der Waals surface area contributed by atoms with Gasteiger partial charge in [0.25, 0.3) is 5.69 Å². The SMILES string of the molecule is O=C(O)c1cc([N+](=O)[O-])c(N2CCCOCC2)cc1F. The number of hydrogen-bond acceptors (Lipinski definition) is 5. The number of nitro groups is 1. The van der Waals surface area contributed by atoms with Gasteiger partial charge in [-0.25, -0.2) is 9.18 Å². The summed E-state index contributed by atoms with van der Waals surface area (Å²) in [5.74, 6) is -2.51. The van der Waals surface area contributed by atoms with Gasteiger partial charge < -0.3 is 14.7 Å². The van der Waals surface area contributed by atoms with Gasteiger partial charge in [0.2, 0.25) is 0 Å². The predicted octanol–water partition coefficient (Wildman–Crippen LogP) is 1.66. The van der Waals surface area contributed by atoms with Gasteiger partial charge in [-0.2, -0.15) is 0 Å². The van der Waals surface area contributed by atoms with E-state index in [9.17, 15) is 19.3 Å². The Labute approximate surface area is 113 Å². The summed E-state index contributed by atoms with van der Waals surface area (Å²) >= 11 is 0. The van der Waals surface area contributed by atoms with Crippen molar-refractivity contribution in [2.45, 2.75) is 6.42 Å². The summed E-state index contributed by atoms with van der Waals surface area (Å²) in [6.45, 7) is 1.82. The van der Waals surface area contributed by atoms with E-state index in [1.807, 2.05) is 0 Å². The molecule has 1 aromatic carbocycles. The molecule has 108 valence electrons. The van der Waals surface area contributed by atoms with Crippen LogP contribution in [0.15, 0.2) is 12.1 Å². The molecule has 1 fully saturated rings. The zero-order valence-corrected chi connectivity index (χ0v) is 10.5. The molecule has 1 saturated heterocycles. The zero-order valence-electron chi connectivity index (χ0n) is 10.5. The van der Waals surface area contributed by atoms with Crippen molar-refractivity contribution in [3.63, 3.8) is 0 Å². The summed E-state index contributed by atoms with van der Waals surface area (Å²) < 4.78 is 19.0. The van der Waals surface area contributed by atoms with E-state index in [-0.39, 0.29) is 5.69 Å². The Bertz CT molecular complexity index is 541. The van der Waals surface area contributed by atoms with Crippen LogP contribution in [0.5, 0.6) is 0 Å². The minimum absolute atomic E-state index is 0.0861. The van der Waals surface area contributed by atoms with Crippen LogP contribution >= 0.6 is 0 Å². The maximum atomic E-state index is 13.7. The quantitative estimate of drug-likeness (QED) is 0.670. The molecule has 0 saturated carbocycles. The second-order valence-electron chi connectivity index (χ2n) is 4.34. The van der Waals surface area contributed by atoms with E-state index in [1.54, 1.807) is 4.90 Å². The molecule has 0 atom stereocenters. The monoisotopic (exact) mass is 284 g/mol. The number of carbonyl (C=O) groups is 1. The Kier molecular flexibility index (Phi) is 4.14. The summed E-state index contributed by atoms with van der Waals surface area (Å²) in [7, 11) is 0. The Morgan fingerprint density at radius 2 is 2.15 bits per heavy atom. The Morgan fingerprint density at radius 1 is 1.40 bits per heavy atom. The van der Waals surface area contributed by atoms with Crippen LogP contribution in [0.4, 0.5) is 15.8 Å². The highest BCUT2D eigenvalue weighted by Crippen LogP contribution is 2.31. The second kappa shape index (κ2) is 5.83. The summed E-state index contributed by atoms with van der Waals surface area (Å²) in [4.78, 5) is 22.8. The number of benzene rings is 1. The molecule has 0 unspecified atom stereocenters. The number of halogens is 1. The van der Waals surface area contributed by atoms with Gasteiger partial charge >= 0.3 is 5.97 Å². The summed E-state index contributed by atoms with van der Waals surface area (Å²) in [6, 6.07) is 1.67. The largest absolute Gasteiger partial charge is 0.478 e. The lowest BCUT2D eigenvalue weighted by atomic mass is 10.1. The van der Waals surface area contributed by atoms with Gasteiger partial charge in [0.1, 0.15) is 17.1 Å². The van der Waals surface area contributed by atoms with Crippen LogP contribution in [0.1, 0.15) is 16.8 Å². The Morgan fingerprint density at radius 3 is 2.80 bits per heavy atom. The third-order valence-corrected chi connectivity index (χ3v) is 3.05. The van der Waals surface area contributed by atoms with Crippen molar-refractivity contribution >= 4 is 17.3 Å². The topological polar surface area (TPSA) is 92.9 Å². The second-order valence-corrected chi connectivity index (χ2v) is 4.34. The van der Waals surface area contributed by atoms with Crippen molar-refractivity contribution in [1.29, 1.82) is 0 Å². The molecule has 8 heteroatoms. The first kappa shape index (κ1) is 14.2. The van der Waals surface area contributed by atoms with E-state index in [0.29, 0.717) is 32.7 Å². The number of rotatable bonds is 3. The van der Waals surface area contributed by atoms with Gasteiger partial charge in [0.15, 0.2) is 0 Å². The molecule has 1 aliphatic rings. The standard InChI is InChI=1S/C12H13FN2O5/c13-9-7-10(14-2-1-4-20-5-3-14)11(15(18)19)6-8(9)12(16)17/h6-7H,1-5H2,(H,16,17). The number of hydrogen-bond donors (Lipinski definition) is 1. The molecule has 1 heterocycles. The Hall–Kier alpha value is -2.22. The van der Waals surface area contributed by atoms with Crippen molar-refractivity contribution in [1.82, 2.24) is 0 Å². The highest BCUT2D eigenvalue weighted by molar-refractivity contribution is 5.90. The minimum atomic E-state index is -1.53. The average molecular weight is 284 g/mol. The molecule has 0 spiro atoms. The third-order valence-electron chi connectivity index (χ3n) is 3.05. The molecule has 1 aromatic rings. The van der Waals surface area contributed by atoms with Crippen molar-refractivity contribution in [3.05, 3.63) is 33.6 Å². The summed E-state index contributed by atoms with van der Waals surface area (Å²) in [5, 5.41) is 19.9. The molecule has 0 aliphatic carbocycles. The van der Waals surface area contributed by atoms with Crippen LogP contribution < -0.4 is 4.90 Å². The molecule has 1 N–H and O–H groups in total. The molecular weight excluding hydrogens is 271 g/mol. The predicted molar refractivity (Wildman–Crippen MR) is 67.7 cm³/mol. The lowest BCUT2D eigenvalue weighted by Crippen LogP contribution is -2.27. The van der Waals surface area contributed by atoms with Crippen LogP contribution in [-0.2, 0) is 4.74 Å². The summed E-state index contributed by atoms with van der Waals surface area (Å²) in [6.07, 6.45) is 0.666. The fraction of sp³-hybridized carbons (Fsp3) is 0.417. The molecule has 7 nitrogen and oxygen atoms in total. The van der Waals surface area contributed by atoms with E-state index in [0.717, 1.165) is 12.1 Å². The molecule has 0 radical (unpaired) electrons. The number of carboxylic acids is 1. The number of aromatic carboxylic acids is 1. The van der Waals surface area contributed by atoms with Gasteiger partial charge in [-0.05, 0) is 6.42 Å². The number of nitro benzene ring substituents is 1. The molecular formula is C12H13FN2O5. The fourth-order valence-electron chi connectivity index (χ4n) is 2.10. The molecule has 0 bridgehead atoms. The van der Waals surface area contributed by atoms with E-state index in [4.69, 9.17) is 9.84 Å². The Balaban J connectivity index is 2.47. The molecule has 0 aromatic heterocycles. The first-order valence-electron chi connectivity index (χ1n) is 6.04. The van der Waals surface area contributed by atoms with E-state index in [1.165, 1.54) is 0 Å². The van der Waals surface area contributed by atoms with Gasteiger partial charge in [0, 0.05) is 31.8 Å². The summed E-state index contributed by atoms with van der Waals surface area (Å²) in [5.41, 5.74) is -1.03. The van der Waals surface area contributed by atoms with E-state index >= 15 is 0 Å². The molecule has 0 amide bonds. The first-order chi connectivity index (χ1) is 9.50. The van der Waals surface area contributed by atoms with Crippen molar-refractivity contribution in [2.24, 2.45) is 0 Å². The van der Waals surface area contributed by atoms with Crippen molar-refractivity contribution < 1.29 is 24.0 Å². The lowest BCUT2D eigenvalue weighted by molar-refractivity contribution is -0.384. The average Bonchev–Trinajstić information content (AvgIpc) is 2.66. The normalized spacial score (nSPS) is 15.8. The smallest absolute Gasteiger partial charge is 0.338 e. The highest BCUT2D eigenvalue weighted by Gasteiger charge is 2.25. The number of anilines is 1. The van der Waals surface area contributed by atoms with Crippen LogP contribution in [0.2, 0.25) is 0 Å². The number of carboxylic acid groups (broad SMARTS) is 1. The molecule has 20 heavy (non-hydrogen) atoms. The first-order valence-corrected chi connectivity index (χ1v) is 6.04. The van der Waals surface area contributed by atoms with Gasteiger partial charge in [-0.3, -0.25) is 10.1 Å².